The smallest absolute Gasteiger partial charge is 0.337 e. The van der Waals surface area contributed by atoms with E-state index < -0.39 is 16.7 Å². The first-order valence-electron chi connectivity index (χ1n) is 5.28. The number of carboxylic acid groups (broad SMARTS) is 1. The third-order valence-electron chi connectivity index (χ3n) is 2.52. The van der Waals surface area contributed by atoms with Crippen LogP contribution in [0.15, 0.2) is 36.7 Å². The van der Waals surface area contributed by atoms with Crippen molar-refractivity contribution in [2.45, 2.75) is 6.54 Å². The first-order valence-corrected chi connectivity index (χ1v) is 5.28. The minimum Gasteiger partial charge on any atom is -0.478 e. The van der Waals surface area contributed by atoms with Gasteiger partial charge < -0.3 is 9.67 Å². The molecule has 0 fully saturated rings. The molecule has 1 heterocycles. The molecule has 0 unspecified atom stereocenters. The first kappa shape index (κ1) is 12.7. The number of halogens is 1. The second kappa shape index (κ2) is 4.89. The quantitative estimate of drug-likeness (QED) is 0.678. The van der Waals surface area contributed by atoms with Crippen LogP contribution in [0, 0.1) is 15.9 Å². The molecule has 6 nitrogen and oxygen atoms in total. The van der Waals surface area contributed by atoms with Crippen LogP contribution in [0.1, 0.15) is 15.9 Å². The fourth-order valence-corrected chi connectivity index (χ4v) is 1.71. The van der Waals surface area contributed by atoms with Gasteiger partial charge in [-0.1, -0.05) is 0 Å². The van der Waals surface area contributed by atoms with E-state index in [9.17, 15) is 19.3 Å². The number of rotatable bonds is 4. The number of aromatic carboxylic acids is 1. The highest BCUT2D eigenvalue weighted by atomic mass is 19.1. The van der Waals surface area contributed by atoms with Crippen molar-refractivity contribution in [3.63, 3.8) is 0 Å². The van der Waals surface area contributed by atoms with Gasteiger partial charge in [-0.3, -0.25) is 10.1 Å². The summed E-state index contributed by atoms with van der Waals surface area (Å²) >= 11 is 0. The summed E-state index contributed by atoms with van der Waals surface area (Å²) in [6.07, 6.45) is 2.89. The molecule has 0 saturated carbocycles. The van der Waals surface area contributed by atoms with Crippen molar-refractivity contribution in [3.05, 3.63) is 63.7 Å². The number of nitro groups is 1. The van der Waals surface area contributed by atoms with E-state index in [0.717, 1.165) is 6.07 Å². The molecular formula is C12H9FN2O4. The lowest BCUT2D eigenvalue weighted by atomic mass is 10.2. The molecule has 19 heavy (non-hydrogen) atoms. The second-order valence-electron chi connectivity index (χ2n) is 3.95. The van der Waals surface area contributed by atoms with Crippen molar-refractivity contribution in [1.82, 2.24) is 4.57 Å². The zero-order chi connectivity index (χ0) is 14.0. The Morgan fingerprint density at radius 3 is 2.74 bits per heavy atom. The van der Waals surface area contributed by atoms with Gasteiger partial charge in [0.1, 0.15) is 5.82 Å². The molecular weight excluding hydrogens is 255 g/mol. The van der Waals surface area contributed by atoms with Crippen molar-refractivity contribution in [1.29, 1.82) is 0 Å². The van der Waals surface area contributed by atoms with Crippen LogP contribution < -0.4 is 0 Å². The summed E-state index contributed by atoms with van der Waals surface area (Å²) in [5.74, 6) is -1.77. The van der Waals surface area contributed by atoms with E-state index in [1.807, 2.05) is 0 Å². The molecule has 0 aliphatic carbocycles. The van der Waals surface area contributed by atoms with Crippen LogP contribution in [0.4, 0.5) is 10.1 Å². The Balaban J connectivity index is 2.27. The molecule has 0 atom stereocenters. The molecule has 0 spiro atoms. The van der Waals surface area contributed by atoms with E-state index in [1.165, 1.54) is 35.2 Å². The van der Waals surface area contributed by atoms with E-state index in [4.69, 9.17) is 5.11 Å². The topological polar surface area (TPSA) is 85.4 Å². The van der Waals surface area contributed by atoms with Gasteiger partial charge in [-0.15, -0.1) is 0 Å². The lowest BCUT2D eigenvalue weighted by Crippen LogP contribution is -2.00. The van der Waals surface area contributed by atoms with Crippen LogP contribution in [-0.4, -0.2) is 20.6 Å². The van der Waals surface area contributed by atoms with Gasteiger partial charge in [0.2, 0.25) is 0 Å². The molecule has 0 aliphatic heterocycles. The van der Waals surface area contributed by atoms with Gasteiger partial charge in [0.05, 0.1) is 16.6 Å². The molecule has 0 radical (unpaired) electrons. The van der Waals surface area contributed by atoms with Crippen LogP contribution >= 0.6 is 0 Å². The van der Waals surface area contributed by atoms with Crippen molar-refractivity contribution in [2.75, 3.05) is 0 Å². The number of carbonyl (C=O) groups is 1. The lowest BCUT2D eigenvalue weighted by Gasteiger charge is -2.03. The SMILES string of the molecule is O=C(O)c1ccn(Cc2cc(F)cc([N+](=O)[O-])c2)c1. The molecule has 0 bridgehead atoms. The Labute approximate surface area is 106 Å². The summed E-state index contributed by atoms with van der Waals surface area (Å²) in [5, 5.41) is 19.4. The van der Waals surface area contributed by atoms with Gasteiger partial charge in [0.15, 0.2) is 0 Å². The summed E-state index contributed by atoms with van der Waals surface area (Å²) in [7, 11) is 0. The predicted molar refractivity (Wildman–Crippen MR) is 63.5 cm³/mol. The van der Waals surface area contributed by atoms with Gasteiger partial charge in [0, 0.05) is 25.0 Å². The van der Waals surface area contributed by atoms with Crippen molar-refractivity contribution < 1.29 is 19.2 Å². The highest BCUT2D eigenvalue weighted by Gasteiger charge is 2.11. The van der Waals surface area contributed by atoms with Gasteiger partial charge in [-0.2, -0.15) is 0 Å². The Hall–Kier alpha value is -2.70. The maximum absolute atomic E-state index is 13.2. The standard InChI is InChI=1S/C12H9FN2O4/c13-10-3-8(4-11(5-10)15(18)19)6-14-2-1-9(7-14)12(16)17/h1-5,7H,6H2,(H,16,17). The first-order chi connectivity index (χ1) is 8.95. The van der Waals surface area contributed by atoms with Crippen LogP contribution in [-0.2, 0) is 6.54 Å². The maximum Gasteiger partial charge on any atom is 0.337 e. The lowest BCUT2D eigenvalue weighted by molar-refractivity contribution is -0.385. The minimum atomic E-state index is -1.07. The molecule has 7 heteroatoms. The van der Waals surface area contributed by atoms with E-state index in [1.54, 1.807) is 0 Å². The summed E-state index contributed by atoms with van der Waals surface area (Å²) in [5.41, 5.74) is 0.158. The second-order valence-corrected chi connectivity index (χ2v) is 3.95. The average Bonchev–Trinajstić information content (AvgIpc) is 2.76. The summed E-state index contributed by atoms with van der Waals surface area (Å²) in [4.78, 5) is 20.6. The highest BCUT2D eigenvalue weighted by Crippen LogP contribution is 2.17. The predicted octanol–water partition coefficient (Wildman–Crippen LogP) is 2.28. The largest absolute Gasteiger partial charge is 0.478 e. The van der Waals surface area contributed by atoms with E-state index in [0.29, 0.717) is 5.56 Å². The minimum absolute atomic E-state index is 0.103. The number of nitro benzene ring substituents is 1. The van der Waals surface area contributed by atoms with Crippen LogP contribution in [0.3, 0.4) is 0 Å². The van der Waals surface area contributed by atoms with Crippen molar-refractivity contribution in [3.8, 4) is 0 Å². The Bertz CT molecular complexity index is 651. The number of nitrogens with zero attached hydrogens (tertiary/aromatic N) is 2. The van der Waals surface area contributed by atoms with E-state index >= 15 is 0 Å². The van der Waals surface area contributed by atoms with Gasteiger partial charge in [-0.25, -0.2) is 9.18 Å². The number of carboxylic acids is 1. The maximum atomic E-state index is 13.2. The Morgan fingerprint density at radius 1 is 1.42 bits per heavy atom. The Kier molecular flexibility index (Phi) is 3.28. The fraction of sp³-hybridized carbons (Fsp3) is 0.0833. The summed E-state index contributed by atoms with van der Waals surface area (Å²) in [6.45, 7) is 0.159. The van der Waals surface area contributed by atoms with Crippen LogP contribution in [0.5, 0.6) is 0 Å². The third kappa shape index (κ3) is 2.95. The monoisotopic (exact) mass is 264 g/mol. The molecule has 2 rings (SSSR count). The molecule has 1 aromatic carbocycles. The number of non-ortho nitro benzene ring substituents is 1. The van der Waals surface area contributed by atoms with E-state index in [2.05, 4.69) is 0 Å². The molecule has 98 valence electrons. The Morgan fingerprint density at radius 2 is 2.16 bits per heavy atom. The zero-order valence-electron chi connectivity index (χ0n) is 9.62. The number of hydrogen-bond acceptors (Lipinski definition) is 3. The molecule has 0 amide bonds. The number of aromatic nitrogens is 1. The summed E-state index contributed by atoms with van der Waals surface area (Å²) < 4.78 is 14.7. The normalized spacial score (nSPS) is 10.4. The molecule has 1 N–H and O–H groups in total. The van der Waals surface area contributed by atoms with Gasteiger partial charge in [0.25, 0.3) is 5.69 Å². The van der Waals surface area contributed by atoms with Crippen LogP contribution in [0.2, 0.25) is 0 Å². The number of hydrogen-bond donors (Lipinski definition) is 1. The van der Waals surface area contributed by atoms with E-state index in [-0.39, 0.29) is 17.8 Å². The highest BCUT2D eigenvalue weighted by molar-refractivity contribution is 5.87. The summed E-state index contributed by atoms with van der Waals surface area (Å²) in [6, 6.07) is 4.66. The van der Waals surface area contributed by atoms with Gasteiger partial charge >= 0.3 is 5.97 Å². The zero-order valence-corrected chi connectivity index (χ0v) is 9.62. The molecule has 0 saturated heterocycles. The van der Waals surface area contributed by atoms with Gasteiger partial charge in [-0.05, 0) is 17.7 Å². The third-order valence-corrected chi connectivity index (χ3v) is 2.52. The average molecular weight is 264 g/mol. The van der Waals surface area contributed by atoms with Crippen molar-refractivity contribution in [2.24, 2.45) is 0 Å². The van der Waals surface area contributed by atoms with Crippen LogP contribution in [0.25, 0.3) is 0 Å². The molecule has 1 aromatic heterocycles. The molecule has 2 aromatic rings. The fourth-order valence-electron chi connectivity index (χ4n) is 1.71. The number of benzene rings is 1. The molecule has 0 aliphatic rings. The van der Waals surface area contributed by atoms with Crippen molar-refractivity contribution >= 4 is 11.7 Å².